The van der Waals surface area contributed by atoms with E-state index in [1.165, 1.54) is 0 Å². The number of carbonyl (C=O) groups is 1. The molecule has 0 saturated carbocycles. The van der Waals surface area contributed by atoms with Gasteiger partial charge in [-0.15, -0.1) is 0 Å². The molecule has 0 rings (SSSR count). The van der Waals surface area contributed by atoms with Crippen molar-refractivity contribution in [1.29, 1.82) is 0 Å². The Bertz CT molecular complexity index is 93.2. The molecule has 0 aliphatic carbocycles. The Kier molecular flexibility index (Phi) is 31.0. The van der Waals surface area contributed by atoms with Gasteiger partial charge in [0.2, 0.25) is 0 Å². The summed E-state index contributed by atoms with van der Waals surface area (Å²) >= 11 is 0. The van der Waals surface area contributed by atoms with Crippen LogP contribution < -0.4 is 0 Å². The summed E-state index contributed by atoms with van der Waals surface area (Å²) in [6.07, 6.45) is 2.08. The summed E-state index contributed by atoms with van der Waals surface area (Å²) in [7, 11) is 3.25. The van der Waals surface area contributed by atoms with E-state index in [9.17, 15) is 4.79 Å². The molecule has 0 heterocycles. The molecule has 0 spiro atoms. The van der Waals surface area contributed by atoms with Crippen molar-refractivity contribution in [3.63, 3.8) is 0 Å². The SMILES string of the molecule is CCCCC(=O)O.COC.OCCO. The van der Waals surface area contributed by atoms with E-state index in [2.05, 4.69) is 4.74 Å². The predicted molar refractivity (Wildman–Crippen MR) is 54.3 cm³/mol. The van der Waals surface area contributed by atoms with Crippen LogP contribution in [0, 0.1) is 0 Å². The van der Waals surface area contributed by atoms with Crippen LogP contribution in [0.1, 0.15) is 26.2 Å². The Labute approximate surface area is 85.3 Å². The highest BCUT2D eigenvalue weighted by Gasteiger charge is 1.90. The summed E-state index contributed by atoms with van der Waals surface area (Å²) < 4.78 is 4.25. The standard InChI is InChI=1S/C5H10O2.C2H6O2.C2H6O/c1-2-3-4-5(6)7;3-1-2-4;1-3-2/h2-4H2,1H3,(H,6,7);3-4H,1-2H2;1-2H3. The van der Waals surface area contributed by atoms with E-state index >= 15 is 0 Å². The topological polar surface area (TPSA) is 87.0 Å². The number of methoxy groups -OCH3 is 1. The molecule has 5 heteroatoms. The zero-order valence-corrected chi connectivity index (χ0v) is 9.19. The van der Waals surface area contributed by atoms with Crippen molar-refractivity contribution in [1.82, 2.24) is 0 Å². The van der Waals surface area contributed by atoms with E-state index in [0.717, 1.165) is 12.8 Å². The molecule has 0 aliphatic rings. The van der Waals surface area contributed by atoms with Gasteiger partial charge in [-0.2, -0.15) is 0 Å². The van der Waals surface area contributed by atoms with Gasteiger partial charge in [0.15, 0.2) is 0 Å². The highest BCUT2D eigenvalue weighted by Crippen LogP contribution is 1.91. The molecule has 0 amide bonds. The Morgan fingerprint density at radius 2 is 1.57 bits per heavy atom. The first-order valence-corrected chi connectivity index (χ1v) is 4.44. The lowest BCUT2D eigenvalue weighted by Gasteiger charge is -1.85. The maximum Gasteiger partial charge on any atom is 0.303 e. The van der Waals surface area contributed by atoms with Crippen LogP contribution >= 0.6 is 0 Å². The molecule has 0 aromatic carbocycles. The molecular formula is C9H22O5. The number of hydrogen-bond acceptors (Lipinski definition) is 4. The average Bonchev–Trinajstić information content (AvgIpc) is 2.16. The molecule has 88 valence electrons. The number of aliphatic hydroxyl groups is 2. The normalized spacial score (nSPS) is 7.79. The minimum absolute atomic E-state index is 0.125. The van der Waals surface area contributed by atoms with Crippen molar-refractivity contribution in [3.8, 4) is 0 Å². The number of carboxylic acid groups (broad SMARTS) is 1. The molecule has 0 atom stereocenters. The summed E-state index contributed by atoms with van der Waals surface area (Å²) in [6.45, 7) is 1.73. The minimum Gasteiger partial charge on any atom is -0.481 e. The van der Waals surface area contributed by atoms with E-state index in [-0.39, 0.29) is 13.2 Å². The molecule has 0 fully saturated rings. The van der Waals surface area contributed by atoms with Gasteiger partial charge in [-0.25, -0.2) is 0 Å². The molecule has 0 aromatic heterocycles. The molecule has 0 aliphatic heterocycles. The number of hydrogen-bond donors (Lipinski definition) is 3. The third kappa shape index (κ3) is 64.3. The van der Waals surface area contributed by atoms with Crippen LogP contribution in [0.3, 0.4) is 0 Å². The molecule has 0 saturated heterocycles. The number of rotatable bonds is 4. The Balaban J connectivity index is -0.000000147. The Hall–Kier alpha value is -0.650. The number of ether oxygens (including phenoxy) is 1. The van der Waals surface area contributed by atoms with Gasteiger partial charge in [0.05, 0.1) is 13.2 Å². The van der Waals surface area contributed by atoms with E-state index in [1.807, 2.05) is 6.92 Å². The van der Waals surface area contributed by atoms with Crippen LogP contribution in [0.5, 0.6) is 0 Å². The van der Waals surface area contributed by atoms with E-state index in [4.69, 9.17) is 15.3 Å². The summed E-state index contributed by atoms with van der Waals surface area (Å²) in [5.74, 6) is -0.693. The number of aliphatic hydroxyl groups excluding tert-OH is 2. The van der Waals surface area contributed by atoms with E-state index in [0.29, 0.717) is 6.42 Å². The fourth-order valence-corrected chi connectivity index (χ4v) is 0.328. The third-order valence-electron chi connectivity index (χ3n) is 0.844. The molecular weight excluding hydrogens is 188 g/mol. The molecule has 0 radical (unpaired) electrons. The van der Waals surface area contributed by atoms with E-state index < -0.39 is 5.97 Å². The van der Waals surface area contributed by atoms with Gasteiger partial charge in [-0.1, -0.05) is 13.3 Å². The van der Waals surface area contributed by atoms with Gasteiger partial charge in [-0.3, -0.25) is 4.79 Å². The van der Waals surface area contributed by atoms with Crippen molar-refractivity contribution in [3.05, 3.63) is 0 Å². The lowest BCUT2D eigenvalue weighted by molar-refractivity contribution is -0.137. The van der Waals surface area contributed by atoms with Gasteiger partial charge in [0.25, 0.3) is 0 Å². The van der Waals surface area contributed by atoms with Crippen molar-refractivity contribution >= 4 is 5.97 Å². The van der Waals surface area contributed by atoms with Crippen molar-refractivity contribution in [2.24, 2.45) is 0 Å². The summed E-state index contributed by atoms with van der Waals surface area (Å²) in [5, 5.41) is 23.3. The van der Waals surface area contributed by atoms with Crippen LogP contribution in [0.25, 0.3) is 0 Å². The zero-order valence-electron chi connectivity index (χ0n) is 9.19. The summed E-state index contributed by atoms with van der Waals surface area (Å²) in [6, 6.07) is 0. The number of unbranched alkanes of at least 4 members (excludes halogenated alkanes) is 1. The van der Waals surface area contributed by atoms with Gasteiger partial charge in [-0.05, 0) is 6.42 Å². The van der Waals surface area contributed by atoms with Gasteiger partial charge in [0.1, 0.15) is 0 Å². The van der Waals surface area contributed by atoms with Crippen LogP contribution in [-0.4, -0.2) is 48.7 Å². The molecule has 0 bridgehead atoms. The van der Waals surface area contributed by atoms with Crippen LogP contribution in [0.2, 0.25) is 0 Å². The average molecular weight is 210 g/mol. The van der Waals surface area contributed by atoms with Crippen LogP contribution in [0.15, 0.2) is 0 Å². The second kappa shape index (κ2) is 22.8. The molecule has 0 unspecified atom stereocenters. The highest BCUT2D eigenvalue weighted by atomic mass is 16.4. The third-order valence-corrected chi connectivity index (χ3v) is 0.844. The Morgan fingerprint density at radius 1 is 1.21 bits per heavy atom. The van der Waals surface area contributed by atoms with Gasteiger partial charge < -0.3 is 20.1 Å². The molecule has 5 nitrogen and oxygen atoms in total. The second-order valence-corrected chi connectivity index (χ2v) is 2.35. The first kappa shape index (κ1) is 19.0. The van der Waals surface area contributed by atoms with Crippen molar-refractivity contribution in [2.75, 3.05) is 27.4 Å². The predicted octanol–water partition coefficient (Wildman–Crippen LogP) is 0.495. The molecule has 14 heavy (non-hydrogen) atoms. The van der Waals surface area contributed by atoms with Gasteiger partial charge >= 0.3 is 5.97 Å². The first-order valence-electron chi connectivity index (χ1n) is 4.44. The van der Waals surface area contributed by atoms with Crippen molar-refractivity contribution < 1.29 is 24.9 Å². The first-order chi connectivity index (χ1) is 6.60. The fourth-order valence-electron chi connectivity index (χ4n) is 0.328. The quantitative estimate of drug-likeness (QED) is 0.628. The lowest BCUT2D eigenvalue weighted by Crippen LogP contribution is -1.91. The van der Waals surface area contributed by atoms with Crippen molar-refractivity contribution in [2.45, 2.75) is 26.2 Å². The van der Waals surface area contributed by atoms with Crippen LogP contribution in [0.4, 0.5) is 0 Å². The van der Waals surface area contributed by atoms with Crippen LogP contribution in [-0.2, 0) is 9.53 Å². The van der Waals surface area contributed by atoms with E-state index in [1.54, 1.807) is 14.2 Å². The monoisotopic (exact) mass is 210 g/mol. The fraction of sp³-hybridized carbons (Fsp3) is 0.889. The lowest BCUT2D eigenvalue weighted by atomic mass is 10.3. The smallest absolute Gasteiger partial charge is 0.303 e. The minimum atomic E-state index is -0.693. The summed E-state index contributed by atoms with van der Waals surface area (Å²) in [5.41, 5.74) is 0. The highest BCUT2D eigenvalue weighted by molar-refractivity contribution is 5.66. The summed E-state index contributed by atoms with van der Waals surface area (Å²) in [4.78, 5) is 9.76. The zero-order chi connectivity index (χ0) is 11.8. The largest absolute Gasteiger partial charge is 0.481 e. The maximum atomic E-state index is 9.76. The maximum absolute atomic E-state index is 9.76. The molecule has 3 N–H and O–H groups in total. The van der Waals surface area contributed by atoms with Gasteiger partial charge in [0, 0.05) is 20.6 Å². The number of carboxylic acids is 1. The molecule has 0 aromatic rings. The Morgan fingerprint density at radius 3 is 1.64 bits per heavy atom. The number of aliphatic carboxylic acids is 1. The second-order valence-electron chi connectivity index (χ2n) is 2.35.